The number of hydrogen-bond donors (Lipinski definition) is 1. The van der Waals surface area contributed by atoms with Crippen LogP contribution < -0.4 is 5.43 Å². The van der Waals surface area contributed by atoms with Gasteiger partial charge in [0.25, 0.3) is 5.91 Å². The molecule has 0 spiro atoms. The number of rotatable bonds is 4. The Kier molecular flexibility index (Phi) is 5.41. The molecule has 3 rings (SSSR count). The number of benzene rings is 1. The van der Waals surface area contributed by atoms with Crippen molar-refractivity contribution in [2.24, 2.45) is 5.10 Å². The van der Waals surface area contributed by atoms with E-state index in [0.29, 0.717) is 10.0 Å². The van der Waals surface area contributed by atoms with Crippen LogP contribution in [0.2, 0.25) is 0 Å². The Morgan fingerprint density at radius 3 is 2.74 bits per heavy atom. The van der Waals surface area contributed by atoms with E-state index in [9.17, 15) is 18.0 Å². The molecule has 27 heavy (non-hydrogen) atoms. The van der Waals surface area contributed by atoms with Gasteiger partial charge in [-0.05, 0) is 46.3 Å². The van der Waals surface area contributed by atoms with Crippen LogP contribution in [0.5, 0.6) is 0 Å². The molecule has 0 aliphatic heterocycles. The number of carbonyl (C=O) groups excluding carboxylic acids is 1. The molecule has 0 bridgehead atoms. The molecule has 138 valence electrons. The second kappa shape index (κ2) is 7.75. The van der Waals surface area contributed by atoms with E-state index >= 15 is 0 Å². The highest BCUT2D eigenvalue weighted by atomic mass is 79.9. The maximum Gasteiger partial charge on any atom is 0.416 e. The second-order valence-corrected chi connectivity index (χ2v) is 6.29. The molecule has 1 N–H and O–H groups in total. The molecule has 2 aromatic heterocycles. The van der Waals surface area contributed by atoms with Crippen molar-refractivity contribution in [1.29, 1.82) is 0 Å². The van der Waals surface area contributed by atoms with E-state index in [2.05, 4.69) is 31.4 Å². The zero-order valence-corrected chi connectivity index (χ0v) is 15.1. The van der Waals surface area contributed by atoms with Crippen molar-refractivity contribution in [2.45, 2.75) is 6.18 Å². The molecule has 9 heteroatoms. The monoisotopic (exact) mass is 437 g/mol. The average molecular weight is 438 g/mol. The fourth-order valence-electron chi connectivity index (χ4n) is 2.18. The number of pyridine rings is 1. The van der Waals surface area contributed by atoms with Gasteiger partial charge in [-0.3, -0.25) is 9.78 Å². The third kappa shape index (κ3) is 4.82. The Hall–Kier alpha value is -2.94. The Morgan fingerprint density at radius 1 is 1.19 bits per heavy atom. The Bertz CT molecular complexity index is 999. The quantitative estimate of drug-likeness (QED) is 0.466. The van der Waals surface area contributed by atoms with Gasteiger partial charge in [0.15, 0.2) is 0 Å². The van der Waals surface area contributed by atoms with E-state index in [0.717, 1.165) is 12.1 Å². The number of nitrogens with one attached hydrogen (secondary N) is 1. The SMILES string of the molecule is O=C(N/N=C\c1ccc(-c2cccc(C(F)(F)F)c2)o1)c1cncc(Br)c1. The highest BCUT2D eigenvalue weighted by Crippen LogP contribution is 2.32. The summed E-state index contributed by atoms with van der Waals surface area (Å²) in [4.78, 5) is 15.8. The molecule has 0 saturated heterocycles. The van der Waals surface area contributed by atoms with Crippen LogP contribution in [-0.4, -0.2) is 17.1 Å². The van der Waals surface area contributed by atoms with E-state index in [4.69, 9.17) is 4.42 Å². The van der Waals surface area contributed by atoms with E-state index in [-0.39, 0.29) is 17.1 Å². The van der Waals surface area contributed by atoms with Crippen molar-refractivity contribution in [3.63, 3.8) is 0 Å². The summed E-state index contributed by atoms with van der Waals surface area (Å²) in [5.41, 5.74) is 2.15. The van der Waals surface area contributed by atoms with Crippen molar-refractivity contribution in [3.8, 4) is 11.3 Å². The van der Waals surface area contributed by atoms with E-state index in [1.54, 1.807) is 6.07 Å². The van der Waals surface area contributed by atoms with Gasteiger partial charge in [-0.15, -0.1) is 0 Å². The Balaban J connectivity index is 1.69. The van der Waals surface area contributed by atoms with Crippen molar-refractivity contribution >= 4 is 28.1 Å². The fraction of sp³-hybridized carbons (Fsp3) is 0.0556. The first-order valence-electron chi connectivity index (χ1n) is 7.54. The zero-order valence-electron chi connectivity index (χ0n) is 13.5. The lowest BCUT2D eigenvalue weighted by molar-refractivity contribution is -0.137. The lowest BCUT2D eigenvalue weighted by atomic mass is 10.1. The van der Waals surface area contributed by atoms with Gasteiger partial charge in [-0.25, -0.2) is 5.43 Å². The third-order valence-electron chi connectivity index (χ3n) is 3.43. The predicted molar refractivity (Wildman–Crippen MR) is 96.1 cm³/mol. The number of alkyl halides is 3. The van der Waals surface area contributed by atoms with Gasteiger partial charge in [0.05, 0.1) is 17.3 Å². The molecule has 3 aromatic rings. The molecule has 1 aromatic carbocycles. The van der Waals surface area contributed by atoms with Crippen molar-refractivity contribution in [3.05, 3.63) is 76.2 Å². The lowest BCUT2D eigenvalue weighted by Gasteiger charge is -2.07. The van der Waals surface area contributed by atoms with Crippen LogP contribution in [-0.2, 0) is 6.18 Å². The molecule has 5 nitrogen and oxygen atoms in total. The highest BCUT2D eigenvalue weighted by molar-refractivity contribution is 9.10. The average Bonchev–Trinajstić information content (AvgIpc) is 3.10. The standard InChI is InChI=1S/C18H11BrF3N3O2/c19-14-7-12(8-23-9-14)17(26)25-24-10-15-4-5-16(27-15)11-2-1-3-13(6-11)18(20,21)22/h1-10H,(H,25,26)/b24-10-. The predicted octanol–water partition coefficient (Wildman–Crippen LogP) is 4.89. The largest absolute Gasteiger partial charge is 0.455 e. The molecule has 1 amide bonds. The summed E-state index contributed by atoms with van der Waals surface area (Å²) in [5.74, 6) is 0.0600. The normalized spacial score (nSPS) is 11.7. The van der Waals surface area contributed by atoms with Gasteiger partial charge in [0.2, 0.25) is 0 Å². The van der Waals surface area contributed by atoms with Gasteiger partial charge in [-0.2, -0.15) is 18.3 Å². The number of halogens is 4. The molecule has 0 radical (unpaired) electrons. The maximum absolute atomic E-state index is 12.8. The molecule has 0 atom stereocenters. The summed E-state index contributed by atoms with van der Waals surface area (Å²) in [6.45, 7) is 0. The number of amides is 1. The number of hydrogen-bond acceptors (Lipinski definition) is 4. The first-order valence-corrected chi connectivity index (χ1v) is 8.33. The molecule has 0 aliphatic rings. The van der Waals surface area contributed by atoms with E-state index < -0.39 is 17.6 Å². The van der Waals surface area contributed by atoms with Gasteiger partial charge < -0.3 is 4.42 Å². The van der Waals surface area contributed by atoms with Crippen molar-refractivity contribution in [1.82, 2.24) is 10.4 Å². The number of nitrogens with zero attached hydrogens (tertiary/aromatic N) is 2. The van der Waals surface area contributed by atoms with Crippen LogP contribution in [0.4, 0.5) is 13.2 Å². The van der Waals surface area contributed by atoms with Crippen LogP contribution in [0.1, 0.15) is 21.7 Å². The minimum absolute atomic E-state index is 0.255. The zero-order chi connectivity index (χ0) is 19.4. The fourth-order valence-corrected chi connectivity index (χ4v) is 2.55. The first kappa shape index (κ1) is 18.8. The van der Waals surface area contributed by atoms with Crippen LogP contribution in [0.3, 0.4) is 0 Å². The van der Waals surface area contributed by atoms with E-state index in [1.165, 1.54) is 42.9 Å². The summed E-state index contributed by atoms with van der Waals surface area (Å²) in [6, 6.07) is 9.44. The molecule has 0 aliphatic carbocycles. The van der Waals surface area contributed by atoms with Crippen LogP contribution in [0, 0.1) is 0 Å². The number of hydrazone groups is 1. The summed E-state index contributed by atoms with van der Waals surface area (Å²) in [6.07, 6.45) is -0.259. The van der Waals surface area contributed by atoms with E-state index in [1.807, 2.05) is 0 Å². The van der Waals surface area contributed by atoms with Gasteiger partial charge in [-0.1, -0.05) is 12.1 Å². The molecule has 0 fully saturated rings. The van der Waals surface area contributed by atoms with Gasteiger partial charge >= 0.3 is 6.18 Å². The molecule has 0 saturated carbocycles. The highest BCUT2D eigenvalue weighted by Gasteiger charge is 2.30. The summed E-state index contributed by atoms with van der Waals surface area (Å²) < 4.78 is 44.5. The number of furan rings is 1. The minimum atomic E-state index is -4.43. The second-order valence-electron chi connectivity index (χ2n) is 5.37. The maximum atomic E-state index is 12.8. The summed E-state index contributed by atoms with van der Waals surface area (Å²) in [7, 11) is 0. The van der Waals surface area contributed by atoms with Gasteiger partial charge in [0, 0.05) is 22.4 Å². The Morgan fingerprint density at radius 2 is 2.00 bits per heavy atom. The van der Waals surface area contributed by atoms with Crippen LogP contribution in [0.15, 0.2) is 68.8 Å². The molecular formula is C18H11BrF3N3O2. The van der Waals surface area contributed by atoms with Crippen molar-refractivity contribution in [2.75, 3.05) is 0 Å². The summed E-state index contributed by atoms with van der Waals surface area (Å²) >= 11 is 3.21. The smallest absolute Gasteiger partial charge is 0.416 e. The number of carbonyl (C=O) groups is 1. The molecule has 0 unspecified atom stereocenters. The van der Waals surface area contributed by atoms with Crippen LogP contribution >= 0.6 is 15.9 Å². The molecular weight excluding hydrogens is 427 g/mol. The Labute approximate surface area is 160 Å². The summed E-state index contributed by atoms with van der Waals surface area (Å²) in [5, 5.41) is 3.77. The first-order chi connectivity index (χ1) is 12.8. The third-order valence-corrected chi connectivity index (χ3v) is 3.86. The lowest BCUT2D eigenvalue weighted by Crippen LogP contribution is -2.17. The number of aromatic nitrogens is 1. The minimum Gasteiger partial charge on any atom is -0.455 e. The van der Waals surface area contributed by atoms with Gasteiger partial charge in [0.1, 0.15) is 11.5 Å². The van der Waals surface area contributed by atoms with Crippen LogP contribution in [0.25, 0.3) is 11.3 Å². The topological polar surface area (TPSA) is 67.5 Å². The van der Waals surface area contributed by atoms with Crippen molar-refractivity contribution < 1.29 is 22.4 Å². The molecule has 2 heterocycles.